The number of carbonyl (C=O) groups excluding carboxylic acids is 1. The Labute approximate surface area is 85.0 Å². The molecule has 0 aromatic rings. The van der Waals surface area contributed by atoms with Crippen molar-refractivity contribution in [1.29, 1.82) is 0 Å². The smallest absolute Gasteiger partial charge is 0.147 e. The van der Waals surface area contributed by atoms with Crippen LogP contribution in [0.4, 0.5) is 0 Å². The lowest BCUT2D eigenvalue weighted by Gasteiger charge is -2.01. The minimum atomic E-state index is -2.99. The van der Waals surface area contributed by atoms with E-state index in [9.17, 15) is 13.2 Å². The van der Waals surface area contributed by atoms with Crippen LogP contribution in [0.2, 0.25) is 0 Å². The van der Waals surface area contributed by atoms with Crippen LogP contribution in [-0.4, -0.2) is 38.8 Å². The van der Waals surface area contributed by atoms with Crippen molar-refractivity contribution in [2.75, 3.05) is 18.6 Å². The average Bonchev–Trinajstić information content (AvgIpc) is 2.83. The monoisotopic (exact) mass is 219 g/mol. The van der Waals surface area contributed by atoms with Gasteiger partial charge in [0.1, 0.15) is 15.6 Å². The highest BCUT2D eigenvalue weighted by molar-refractivity contribution is 7.90. The first kappa shape index (κ1) is 11.7. The van der Waals surface area contributed by atoms with Crippen molar-refractivity contribution in [2.24, 2.45) is 0 Å². The van der Waals surface area contributed by atoms with Gasteiger partial charge in [-0.2, -0.15) is 0 Å². The molecule has 0 heterocycles. The Balaban J connectivity index is 2.03. The van der Waals surface area contributed by atoms with E-state index in [2.05, 4.69) is 5.32 Å². The van der Waals surface area contributed by atoms with Crippen molar-refractivity contribution < 1.29 is 13.2 Å². The van der Waals surface area contributed by atoms with Gasteiger partial charge in [0.05, 0.1) is 5.75 Å². The van der Waals surface area contributed by atoms with Crippen LogP contribution in [0.15, 0.2) is 0 Å². The van der Waals surface area contributed by atoms with Crippen molar-refractivity contribution in [3.8, 4) is 0 Å². The first-order valence-corrected chi connectivity index (χ1v) is 6.96. The summed E-state index contributed by atoms with van der Waals surface area (Å²) < 4.78 is 21.5. The number of carbonyl (C=O) groups is 1. The molecule has 1 saturated carbocycles. The zero-order valence-electron chi connectivity index (χ0n) is 8.45. The van der Waals surface area contributed by atoms with E-state index in [0.717, 1.165) is 6.26 Å². The van der Waals surface area contributed by atoms with Crippen LogP contribution in [0.25, 0.3) is 0 Å². The number of ketones is 1. The van der Waals surface area contributed by atoms with E-state index in [1.54, 1.807) is 0 Å². The maximum absolute atomic E-state index is 11.2. The quantitative estimate of drug-likeness (QED) is 0.661. The van der Waals surface area contributed by atoms with E-state index in [-0.39, 0.29) is 18.0 Å². The molecule has 14 heavy (non-hydrogen) atoms. The minimum Gasteiger partial charge on any atom is -0.314 e. The Bertz CT molecular complexity index is 293. The zero-order valence-corrected chi connectivity index (χ0v) is 9.27. The Morgan fingerprint density at radius 2 is 2.00 bits per heavy atom. The van der Waals surface area contributed by atoms with E-state index >= 15 is 0 Å². The topological polar surface area (TPSA) is 63.2 Å². The van der Waals surface area contributed by atoms with Crippen molar-refractivity contribution in [3.63, 3.8) is 0 Å². The molecule has 0 bridgehead atoms. The molecule has 0 aliphatic heterocycles. The molecule has 82 valence electrons. The van der Waals surface area contributed by atoms with Gasteiger partial charge in [-0.1, -0.05) is 0 Å². The highest BCUT2D eigenvalue weighted by atomic mass is 32.2. The Kier molecular flexibility index (Phi) is 4.07. The van der Waals surface area contributed by atoms with Crippen LogP contribution in [0.3, 0.4) is 0 Å². The number of sulfone groups is 1. The Morgan fingerprint density at radius 3 is 2.50 bits per heavy atom. The molecular weight excluding hydrogens is 202 g/mol. The van der Waals surface area contributed by atoms with Gasteiger partial charge >= 0.3 is 0 Å². The first-order valence-electron chi connectivity index (χ1n) is 4.90. The molecule has 0 spiro atoms. The molecule has 0 unspecified atom stereocenters. The van der Waals surface area contributed by atoms with Gasteiger partial charge in [-0.15, -0.1) is 0 Å². The maximum Gasteiger partial charge on any atom is 0.147 e. The second-order valence-electron chi connectivity index (χ2n) is 3.90. The number of Topliss-reactive ketones (excluding diaryl/α,β-unsaturated/α-hetero) is 1. The highest BCUT2D eigenvalue weighted by Gasteiger charge is 2.20. The zero-order chi connectivity index (χ0) is 10.6. The predicted octanol–water partition coefficient (Wildman–Crippen LogP) is 0.132. The van der Waals surface area contributed by atoms with Crippen molar-refractivity contribution >= 4 is 15.6 Å². The fourth-order valence-corrected chi connectivity index (χ4v) is 1.73. The molecule has 0 aromatic heterocycles. The number of hydrogen-bond donors (Lipinski definition) is 1. The molecule has 1 aliphatic carbocycles. The number of hydrogen-bond acceptors (Lipinski definition) is 4. The third kappa shape index (κ3) is 6.10. The predicted molar refractivity (Wildman–Crippen MR) is 55.0 cm³/mol. The molecule has 4 nitrogen and oxygen atoms in total. The third-order valence-corrected chi connectivity index (χ3v) is 3.11. The van der Waals surface area contributed by atoms with E-state index < -0.39 is 9.84 Å². The van der Waals surface area contributed by atoms with Crippen LogP contribution in [0, 0.1) is 0 Å². The molecule has 1 rings (SSSR count). The van der Waals surface area contributed by atoms with E-state index in [4.69, 9.17) is 0 Å². The normalized spacial score (nSPS) is 16.9. The van der Waals surface area contributed by atoms with Gasteiger partial charge in [0.25, 0.3) is 0 Å². The second kappa shape index (κ2) is 4.89. The fourth-order valence-electron chi connectivity index (χ4n) is 1.13. The Morgan fingerprint density at radius 1 is 1.36 bits per heavy atom. The number of nitrogens with one attached hydrogen (secondary N) is 1. The average molecular weight is 219 g/mol. The highest BCUT2D eigenvalue weighted by Crippen LogP contribution is 2.18. The molecule has 0 atom stereocenters. The summed E-state index contributed by atoms with van der Waals surface area (Å²) in [5, 5.41) is 3.21. The molecule has 1 N–H and O–H groups in total. The van der Waals surface area contributed by atoms with Gasteiger partial charge in [-0.05, 0) is 12.8 Å². The summed E-state index contributed by atoms with van der Waals surface area (Å²) in [5.41, 5.74) is 0. The van der Waals surface area contributed by atoms with Gasteiger partial charge in [-0.25, -0.2) is 8.42 Å². The molecular formula is C9H17NO3S. The third-order valence-electron chi connectivity index (χ3n) is 2.17. The summed E-state index contributed by atoms with van der Waals surface area (Å²) in [6.45, 7) is 0.688. The van der Waals surface area contributed by atoms with Crippen LogP contribution in [0.1, 0.15) is 25.7 Å². The summed E-state index contributed by atoms with van der Waals surface area (Å²) in [4.78, 5) is 11.2. The van der Waals surface area contributed by atoms with Crippen molar-refractivity contribution in [2.45, 2.75) is 31.7 Å². The summed E-state index contributed by atoms with van der Waals surface area (Å²) in [7, 11) is -2.99. The van der Waals surface area contributed by atoms with Gasteiger partial charge in [0.15, 0.2) is 0 Å². The molecule has 0 aromatic carbocycles. The largest absolute Gasteiger partial charge is 0.314 e. The van der Waals surface area contributed by atoms with Gasteiger partial charge in [0, 0.05) is 31.7 Å². The molecule has 0 amide bonds. The van der Waals surface area contributed by atoms with E-state index in [1.165, 1.54) is 12.8 Å². The van der Waals surface area contributed by atoms with Crippen LogP contribution in [0.5, 0.6) is 0 Å². The summed E-state index contributed by atoms with van der Waals surface area (Å²) in [6, 6.07) is 0.609. The second-order valence-corrected chi connectivity index (χ2v) is 6.16. The molecule has 0 saturated heterocycles. The fraction of sp³-hybridized carbons (Fsp3) is 0.889. The van der Waals surface area contributed by atoms with Crippen molar-refractivity contribution in [3.05, 3.63) is 0 Å². The van der Waals surface area contributed by atoms with Gasteiger partial charge < -0.3 is 5.32 Å². The van der Waals surface area contributed by atoms with Crippen LogP contribution in [-0.2, 0) is 14.6 Å². The lowest BCUT2D eigenvalue weighted by atomic mass is 10.2. The molecule has 0 radical (unpaired) electrons. The van der Waals surface area contributed by atoms with E-state index in [1.807, 2.05) is 0 Å². The minimum absolute atomic E-state index is 0.0186. The summed E-state index contributed by atoms with van der Waals surface area (Å²) >= 11 is 0. The molecule has 1 fully saturated rings. The summed E-state index contributed by atoms with van der Waals surface area (Å²) in [6.07, 6.45) is 4.18. The van der Waals surface area contributed by atoms with Crippen LogP contribution < -0.4 is 5.32 Å². The van der Waals surface area contributed by atoms with Gasteiger partial charge in [0.2, 0.25) is 0 Å². The SMILES string of the molecule is CS(=O)(=O)CCC(=O)CCNC1CC1. The number of rotatable bonds is 7. The molecule has 1 aliphatic rings. The van der Waals surface area contributed by atoms with E-state index in [0.29, 0.717) is 19.0 Å². The first-order chi connectivity index (χ1) is 6.47. The summed E-state index contributed by atoms with van der Waals surface area (Å²) in [5.74, 6) is 0.0125. The molecule has 5 heteroatoms. The Hall–Kier alpha value is -0.420. The maximum atomic E-state index is 11.2. The lowest BCUT2D eigenvalue weighted by molar-refractivity contribution is -0.118. The van der Waals surface area contributed by atoms with Crippen molar-refractivity contribution in [1.82, 2.24) is 5.32 Å². The standard InChI is InChI=1S/C9H17NO3S/c1-14(12,13)7-5-9(11)4-6-10-8-2-3-8/h8,10H,2-7H2,1H3. The lowest BCUT2D eigenvalue weighted by Crippen LogP contribution is -2.21. The van der Waals surface area contributed by atoms with Crippen LogP contribution >= 0.6 is 0 Å². The van der Waals surface area contributed by atoms with Gasteiger partial charge in [-0.3, -0.25) is 4.79 Å².